The van der Waals surface area contributed by atoms with Crippen LogP contribution in [-0.4, -0.2) is 51.9 Å². The van der Waals surface area contributed by atoms with E-state index in [1.807, 2.05) is 0 Å². The van der Waals surface area contributed by atoms with Crippen molar-refractivity contribution >= 4 is 17.9 Å². The van der Waals surface area contributed by atoms with Crippen LogP contribution in [0.2, 0.25) is 0 Å². The summed E-state index contributed by atoms with van der Waals surface area (Å²) in [5, 5.41) is 0. The predicted molar refractivity (Wildman–Crippen MR) is 55.0 cm³/mol. The average molecular weight is 246 g/mol. The van der Waals surface area contributed by atoms with Crippen LogP contribution in [0.3, 0.4) is 0 Å². The molecule has 0 spiro atoms. The fourth-order valence-corrected chi connectivity index (χ4v) is 0.663. The number of esters is 3. The van der Waals surface area contributed by atoms with E-state index in [0.29, 0.717) is 0 Å². The third kappa shape index (κ3) is 9.06. The summed E-state index contributed by atoms with van der Waals surface area (Å²) in [5.41, 5.74) is 0. The first-order valence-corrected chi connectivity index (χ1v) is 4.67. The van der Waals surface area contributed by atoms with Crippen molar-refractivity contribution in [3.63, 3.8) is 0 Å². The highest BCUT2D eigenvalue weighted by Gasteiger charge is 2.06. The van der Waals surface area contributed by atoms with E-state index in [2.05, 4.69) is 18.9 Å². The standard InChI is InChI=1S/C10H14O7/c1-14-5-6-16-10(13)7-17-9(12)4-3-8(11)15-2/h3-4H,5-7H2,1-2H3/b4-3+. The molecule has 17 heavy (non-hydrogen) atoms. The van der Waals surface area contributed by atoms with Crippen molar-refractivity contribution in [2.75, 3.05) is 34.0 Å². The van der Waals surface area contributed by atoms with Crippen molar-refractivity contribution in [3.8, 4) is 0 Å². The molecule has 0 bridgehead atoms. The van der Waals surface area contributed by atoms with E-state index in [-0.39, 0.29) is 13.2 Å². The number of ether oxygens (including phenoxy) is 4. The Labute approximate surface area is 98.3 Å². The summed E-state index contributed by atoms with van der Waals surface area (Å²) >= 11 is 0. The monoisotopic (exact) mass is 246 g/mol. The highest BCUT2D eigenvalue weighted by atomic mass is 16.6. The number of hydrogen-bond donors (Lipinski definition) is 0. The smallest absolute Gasteiger partial charge is 0.344 e. The van der Waals surface area contributed by atoms with Crippen LogP contribution in [0, 0.1) is 0 Å². The second-order valence-corrected chi connectivity index (χ2v) is 2.68. The van der Waals surface area contributed by atoms with E-state index in [9.17, 15) is 14.4 Å². The van der Waals surface area contributed by atoms with Gasteiger partial charge in [0.25, 0.3) is 0 Å². The Morgan fingerprint density at radius 3 is 2.18 bits per heavy atom. The van der Waals surface area contributed by atoms with Crippen LogP contribution in [0.1, 0.15) is 0 Å². The Balaban J connectivity index is 3.73. The number of carbonyl (C=O) groups excluding carboxylic acids is 3. The molecule has 0 amide bonds. The molecular formula is C10H14O7. The van der Waals surface area contributed by atoms with Gasteiger partial charge in [-0.05, 0) is 0 Å². The van der Waals surface area contributed by atoms with Gasteiger partial charge in [-0.1, -0.05) is 0 Å². The first-order chi connectivity index (χ1) is 8.10. The van der Waals surface area contributed by atoms with Gasteiger partial charge in [-0.15, -0.1) is 0 Å². The summed E-state index contributed by atoms with van der Waals surface area (Å²) in [6.07, 6.45) is 1.74. The average Bonchev–Trinajstić information content (AvgIpc) is 2.33. The fraction of sp³-hybridized carbons (Fsp3) is 0.500. The molecule has 96 valence electrons. The quantitative estimate of drug-likeness (QED) is 0.257. The zero-order chi connectivity index (χ0) is 13.1. The first-order valence-electron chi connectivity index (χ1n) is 4.67. The molecule has 0 aliphatic heterocycles. The van der Waals surface area contributed by atoms with Gasteiger partial charge in [0.2, 0.25) is 0 Å². The molecule has 0 rings (SSSR count). The van der Waals surface area contributed by atoms with Crippen molar-refractivity contribution in [1.29, 1.82) is 0 Å². The Morgan fingerprint density at radius 2 is 1.59 bits per heavy atom. The van der Waals surface area contributed by atoms with Gasteiger partial charge in [-0.3, -0.25) is 0 Å². The summed E-state index contributed by atoms with van der Waals surface area (Å²) in [6, 6.07) is 0. The van der Waals surface area contributed by atoms with Crippen molar-refractivity contribution in [1.82, 2.24) is 0 Å². The van der Waals surface area contributed by atoms with Crippen LogP contribution in [0.4, 0.5) is 0 Å². The topological polar surface area (TPSA) is 88.1 Å². The summed E-state index contributed by atoms with van der Waals surface area (Å²) < 4.78 is 18.0. The molecule has 0 heterocycles. The molecule has 7 heteroatoms. The maximum absolute atomic E-state index is 10.9. The van der Waals surface area contributed by atoms with E-state index in [4.69, 9.17) is 0 Å². The maximum Gasteiger partial charge on any atom is 0.344 e. The van der Waals surface area contributed by atoms with Crippen LogP contribution in [0.25, 0.3) is 0 Å². The minimum atomic E-state index is -0.834. The second kappa shape index (κ2) is 9.34. The molecule has 0 saturated heterocycles. The van der Waals surface area contributed by atoms with Gasteiger partial charge >= 0.3 is 17.9 Å². The number of rotatable bonds is 7. The maximum atomic E-state index is 10.9. The third-order valence-corrected chi connectivity index (χ3v) is 1.44. The molecule has 0 aromatic carbocycles. The van der Waals surface area contributed by atoms with Gasteiger partial charge in [-0.2, -0.15) is 0 Å². The number of methoxy groups -OCH3 is 2. The zero-order valence-corrected chi connectivity index (χ0v) is 9.63. The summed E-state index contributed by atoms with van der Waals surface area (Å²) in [7, 11) is 2.64. The molecule has 0 aliphatic carbocycles. The van der Waals surface area contributed by atoms with Crippen molar-refractivity contribution in [3.05, 3.63) is 12.2 Å². The predicted octanol–water partition coefficient (Wildman–Crippen LogP) is -0.552. The van der Waals surface area contributed by atoms with Crippen molar-refractivity contribution < 1.29 is 33.3 Å². The van der Waals surface area contributed by atoms with Crippen LogP contribution >= 0.6 is 0 Å². The Hall–Kier alpha value is -1.89. The van der Waals surface area contributed by atoms with E-state index < -0.39 is 24.5 Å². The van der Waals surface area contributed by atoms with Crippen LogP contribution in [-0.2, 0) is 33.3 Å². The Kier molecular flexibility index (Phi) is 8.31. The van der Waals surface area contributed by atoms with E-state index >= 15 is 0 Å². The molecule has 0 fully saturated rings. The second-order valence-electron chi connectivity index (χ2n) is 2.68. The highest BCUT2D eigenvalue weighted by Crippen LogP contribution is 1.87. The summed E-state index contributed by atoms with van der Waals surface area (Å²) in [4.78, 5) is 32.5. The Morgan fingerprint density at radius 1 is 0.941 bits per heavy atom. The lowest BCUT2D eigenvalue weighted by Crippen LogP contribution is -2.17. The highest BCUT2D eigenvalue weighted by molar-refractivity contribution is 5.92. The van der Waals surface area contributed by atoms with Crippen LogP contribution in [0.15, 0.2) is 12.2 Å². The minimum absolute atomic E-state index is 0.0882. The third-order valence-electron chi connectivity index (χ3n) is 1.44. The molecular weight excluding hydrogens is 232 g/mol. The van der Waals surface area contributed by atoms with Gasteiger partial charge in [0, 0.05) is 19.3 Å². The fourth-order valence-electron chi connectivity index (χ4n) is 0.663. The van der Waals surface area contributed by atoms with Gasteiger partial charge in [0.05, 0.1) is 13.7 Å². The first kappa shape index (κ1) is 15.1. The molecule has 7 nitrogen and oxygen atoms in total. The number of carbonyl (C=O) groups is 3. The molecule has 0 aliphatic rings. The lowest BCUT2D eigenvalue weighted by atomic mass is 10.5. The molecule has 0 radical (unpaired) electrons. The van der Waals surface area contributed by atoms with Crippen molar-refractivity contribution in [2.24, 2.45) is 0 Å². The molecule has 0 atom stereocenters. The lowest BCUT2D eigenvalue weighted by Gasteiger charge is -2.03. The zero-order valence-electron chi connectivity index (χ0n) is 9.63. The summed E-state index contributed by atoms with van der Waals surface area (Å²) in [6.45, 7) is -0.166. The lowest BCUT2D eigenvalue weighted by molar-refractivity contribution is -0.157. The molecule has 0 saturated carbocycles. The van der Waals surface area contributed by atoms with E-state index in [1.54, 1.807) is 0 Å². The molecule has 0 aromatic rings. The minimum Gasteiger partial charge on any atom is -0.466 e. The molecule has 0 N–H and O–H groups in total. The van der Waals surface area contributed by atoms with E-state index in [0.717, 1.165) is 12.2 Å². The summed E-state index contributed by atoms with van der Waals surface area (Å²) in [5.74, 6) is -2.22. The van der Waals surface area contributed by atoms with Gasteiger partial charge in [0.1, 0.15) is 6.61 Å². The SMILES string of the molecule is COCCOC(=O)COC(=O)/C=C/C(=O)OC. The van der Waals surface area contributed by atoms with E-state index in [1.165, 1.54) is 14.2 Å². The largest absolute Gasteiger partial charge is 0.466 e. The van der Waals surface area contributed by atoms with Crippen molar-refractivity contribution in [2.45, 2.75) is 0 Å². The molecule has 0 aromatic heterocycles. The number of hydrogen-bond acceptors (Lipinski definition) is 7. The van der Waals surface area contributed by atoms with Crippen LogP contribution < -0.4 is 0 Å². The van der Waals surface area contributed by atoms with Gasteiger partial charge < -0.3 is 18.9 Å². The van der Waals surface area contributed by atoms with Gasteiger partial charge in [-0.25, -0.2) is 14.4 Å². The molecule has 0 unspecified atom stereocenters. The normalized spacial score (nSPS) is 10.0. The Bertz CT molecular complexity index is 295. The van der Waals surface area contributed by atoms with Crippen LogP contribution in [0.5, 0.6) is 0 Å². The van der Waals surface area contributed by atoms with Gasteiger partial charge in [0.15, 0.2) is 6.61 Å².